The lowest BCUT2D eigenvalue weighted by Crippen LogP contribution is -2.46. The summed E-state index contributed by atoms with van der Waals surface area (Å²) < 4.78 is 15.8. The number of piperazine rings is 1. The molecule has 1 saturated heterocycles. The number of nitrogens with one attached hydrogen (secondary N) is 1. The Balaban J connectivity index is 1.31. The summed E-state index contributed by atoms with van der Waals surface area (Å²) in [6.45, 7) is 3.49. The first-order valence-electron chi connectivity index (χ1n) is 11.2. The van der Waals surface area contributed by atoms with E-state index >= 15 is 0 Å². The van der Waals surface area contributed by atoms with Crippen LogP contribution >= 0.6 is 11.8 Å². The van der Waals surface area contributed by atoms with Gasteiger partial charge in [0.2, 0.25) is 5.91 Å². The normalized spacial score (nSPS) is 13.3. The number of benzene rings is 2. The standard InChI is InChI=1S/C25H29N5O4S/c1-32-19-6-4-18(5-7-19)29-10-12-30(13-11-29)23-15-25(27-17-26-23)35-16-24(31)28-21-14-20(33-2)8-9-22(21)34-3/h4-9,14-15,17H,10-13,16H2,1-3H3,(H,28,31). The zero-order chi connectivity index (χ0) is 24.6. The van der Waals surface area contributed by atoms with E-state index in [4.69, 9.17) is 14.2 Å². The van der Waals surface area contributed by atoms with E-state index in [9.17, 15) is 4.79 Å². The second-order valence-electron chi connectivity index (χ2n) is 7.79. The lowest BCUT2D eigenvalue weighted by molar-refractivity contribution is -0.113. The summed E-state index contributed by atoms with van der Waals surface area (Å²) in [7, 11) is 4.81. The Labute approximate surface area is 209 Å². The first kappa shape index (κ1) is 24.5. The third-order valence-corrected chi connectivity index (χ3v) is 6.63. The Bertz CT molecular complexity index is 1140. The maximum absolute atomic E-state index is 12.6. The maximum Gasteiger partial charge on any atom is 0.234 e. The molecule has 0 radical (unpaired) electrons. The number of carbonyl (C=O) groups excluding carboxylic acids is 1. The minimum atomic E-state index is -0.158. The number of carbonyl (C=O) groups is 1. The smallest absolute Gasteiger partial charge is 0.234 e. The van der Waals surface area contributed by atoms with Gasteiger partial charge in [0.15, 0.2) is 0 Å². The molecule has 0 saturated carbocycles. The third-order valence-electron chi connectivity index (χ3n) is 5.70. The van der Waals surface area contributed by atoms with Gasteiger partial charge in [-0.2, -0.15) is 0 Å². The monoisotopic (exact) mass is 495 g/mol. The molecule has 2 aromatic carbocycles. The molecule has 184 valence electrons. The minimum absolute atomic E-state index is 0.158. The second kappa shape index (κ2) is 11.7. The van der Waals surface area contributed by atoms with Gasteiger partial charge in [0, 0.05) is 44.0 Å². The predicted molar refractivity (Wildman–Crippen MR) is 138 cm³/mol. The van der Waals surface area contributed by atoms with Gasteiger partial charge in [0.1, 0.15) is 34.4 Å². The second-order valence-corrected chi connectivity index (χ2v) is 8.79. The fourth-order valence-corrected chi connectivity index (χ4v) is 4.47. The quantitative estimate of drug-likeness (QED) is 0.354. The molecule has 0 bridgehead atoms. The van der Waals surface area contributed by atoms with Gasteiger partial charge in [-0.05, 0) is 36.4 Å². The molecule has 35 heavy (non-hydrogen) atoms. The van der Waals surface area contributed by atoms with Crippen LogP contribution in [0, 0.1) is 0 Å². The van der Waals surface area contributed by atoms with E-state index in [1.165, 1.54) is 17.4 Å². The van der Waals surface area contributed by atoms with Crippen molar-refractivity contribution in [1.29, 1.82) is 0 Å². The van der Waals surface area contributed by atoms with Crippen LogP contribution in [0.1, 0.15) is 0 Å². The number of anilines is 3. The largest absolute Gasteiger partial charge is 0.497 e. The van der Waals surface area contributed by atoms with E-state index in [2.05, 4.69) is 37.2 Å². The van der Waals surface area contributed by atoms with Crippen LogP contribution in [0.3, 0.4) is 0 Å². The molecule has 0 spiro atoms. The molecule has 1 N–H and O–H groups in total. The highest BCUT2D eigenvalue weighted by atomic mass is 32.2. The van der Waals surface area contributed by atoms with Gasteiger partial charge >= 0.3 is 0 Å². The Morgan fingerprint density at radius 2 is 1.57 bits per heavy atom. The maximum atomic E-state index is 12.6. The lowest BCUT2D eigenvalue weighted by Gasteiger charge is -2.36. The molecular weight excluding hydrogens is 466 g/mol. The van der Waals surface area contributed by atoms with Crippen LogP contribution < -0.4 is 29.3 Å². The average molecular weight is 496 g/mol. The van der Waals surface area contributed by atoms with Crippen molar-refractivity contribution in [3.8, 4) is 17.2 Å². The number of amides is 1. The summed E-state index contributed by atoms with van der Waals surface area (Å²) in [4.78, 5) is 25.9. The molecule has 2 heterocycles. The summed E-state index contributed by atoms with van der Waals surface area (Å²) >= 11 is 1.37. The van der Waals surface area contributed by atoms with Crippen LogP contribution in [0.4, 0.5) is 17.2 Å². The highest BCUT2D eigenvalue weighted by molar-refractivity contribution is 7.99. The van der Waals surface area contributed by atoms with E-state index in [1.54, 1.807) is 45.9 Å². The van der Waals surface area contributed by atoms with Crippen molar-refractivity contribution in [2.45, 2.75) is 5.03 Å². The van der Waals surface area contributed by atoms with Gasteiger partial charge in [0.05, 0.1) is 32.8 Å². The van der Waals surface area contributed by atoms with Crippen molar-refractivity contribution >= 4 is 34.9 Å². The lowest BCUT2D eigenvalue weighted by atomic mass is 10.2. The first-order chi connectivity index (χ1) is 17.1. The van der Waals surface area contributed by atoms with Crippen molar-refractivity contribution in [2.75, 3.05) is 68.4 Å². The molecule has 3 aromatic rings. The fraction of sp³-hybridized carbons (Fsp3) is 0.320. The van der Waals surface area contributed by atoms with E-state index in [0.717, 1.165) is 42.8 Å². The Morgan fingerprint density at radius 1 is 0.886 bits per heavy atom. The molecule has 10 heteroatoms. The molecule has 1 aliphatic rings. The van der Waals surface area contributed by atoms with Gasteiger partial charge in [-0.25, -0.2) is 9.97 Å². The van der Waals surface area contributed by atoms with Gasteiger partial charge in [-0.3, -0.25) is 4.79 Å². The third kappa shape index (κ3) is 6.27. The van der Waals surface area contributed by atoms with Crippen LogP contribution in [0.25, 0.3) is 0 Å². The van der Waals surface area contributed by atoms with Crippen molar-refractivity contribution in [3.63, 3.8) is 0 Å². The summed E-state index contributed by atoms with van der Waals surface area (Å²) in [5.41, 5.74) is 1.75. The summed E-state index contributed by atoms with van der Waals surface area (Å²) in [5, 5.41) is 3.63. The van der Waals surface area contributed by atoms with Crippen LogP contribution in [0.5, 0.6) is 17.2 Å². The number of hydrogen-bond donors (Lipinski definition) is 1. The zero-order valence-electron chi connectivity index (χ0n) is 20.1. The van der Waals surface area contributed by atoms with Crippen molar-refractivity contribution in [2.24, 2.45) is 0 Å². The summed E-state index contributed by atoms with van der Waals surface area (Å²) in [6.07, 6.45) is 1.55. The van der Waals surface area contributed by atoms with Crippen LogP contribution in [-0.2, 0) is 4.79 Å². The zero-order valence-corrected chi connectivity index (χ0v) is 20.9. The van der Waals surface area contributed by atoms with Crippen molar-refractivity contribution in [1.82, 2.24) is 9.97 Å². The van der Waals surface area contributed by atoms with Crippen molar-refractivity contribution < 1.29 is 19.0 Å². The van der Waals surface area contributed by atoms with Gasteiger partial charge in [-0.1, -0.05) is 11.8 Å². The number of methoxy groups -OCH3 is 3. The SMILES string of the molecule is COc1ccc(N2CCN(c3cc(SCC(=O)Nc4cc(OC)ccc4OC)ncn3)CC2)cc1. The van der Waals surface area contributed by atoms with Gasteiger partial charge in [-0.15, -0.1) is 0 Å². The number of nitrogens with zero attached hydrogens (tertiary/aromatic N) is 4. The summed E-state index contributed by atoms with van der Waals surface area (Å²) in [6, 6.07) is 15.3. The Morgan fingerprint density at radius 3 is 2.26 bits per heavy atom. The highest BCUT2D eigenvalue weighted by Gasteiger charge is 2.19. The van der Waals surface area contributed by atoms with Crippen LogP contribution in [-0.4, -0.2) is 69.1 Å². The number of hydrogen-bond acceptors (Lipinski definition) is 9. The highest BCUT2D eigenvalue weighted by Crippen LogP contribution is 2.29. The molecule has 0 atom stereocenters. The molecule has 0 aliphatic carbocycles. The predicted octanol–water partition coefficient (Wildman–Crippen LogP) is 3.56. The molecule has 4 rings (SSSR count). The van der Waals surface area contributed by atoms with Crippen LogP contribution in [0.15, 0.2) is 59.9 Å². The summed E-state index contributed by atoms with van der Waals surface area (Å²) in [5.74, 6) is 2.99. The fourth-order valence-electron chi connectivity index (χ4n) is 3.81. The Hall–Kier alpha value is -3.66. The average Bonchev–Trinajstić information content (AvgIpc) is 2.92. The van der Waals surface area contributed by atoms with E-state index in [0.29, 0.717) is 17.2 Å². The van der Waals surface area contributed by atoms with Crippen LogP contribution in [0.2, 0.25) is 0 Å². The molecule has 1 fully saturated rings. The van der Waals surface area contributed by atoms with Crippen molar-refractivity contribution in [3.05, 3.63) is 54.9 Å². The van der Waals surface area contributed by atoms with Gasteiger partial charge < -0.3 is 29.3 Å². The van der Waals surface area contributed by atoms with Gasteiger partial charge in [0.25, 0.3) is 0 Å². The number of ether oxygens (including phenoxy) is 3. The molecular formula is C25H29N5O4S. The van der Waals surface area contributed by atoms with E-state index in [1.807, 2.05) is 18.2 Å². The molecule has 1 amide bonds. The van der Waals surface area contributed by atoms with E-state index in [-0.39, 0.29) is 11.7 Å². The minimum Gasteiger partial charge on any atom is -0.497 e. The number of rotatable bonds is 9. The molecule has 9 nitrogen and oxygen atoms in total. The number of aromatic nitrogens is 2. The Kier molecular flexibility index (Phi) is 8.15. The van der Waals surface area contributed by atoms with E-state index < -0.39 is 0 Å². The topological polar surface area (TPSA) is 89.1 Å². The number of thioether (sulfide) groups is 1. The first-order valence-corrected chi connectivity index (χ1v) is 12.2. The molecule has 0 unspecified atom stereocenters. The molecule has 1 aromatic heterocycles. The molecule has 1 aliphatic heterocycles.